The van der Waals surface area contributed by atoms with Crippen LogP contribution in [0.3, 0.4) is 0 Å². The van der Waals surface area contributed by atoms with E-state index in [1.54, 1.807) is 0 Å². The van der Waals surface area contributed by atoms with Crippen LogP contribution in [0.1, 0.15) is 30.9 Å². The number of hydrogen-bond donors (Lipinski definition) is 0. The third kappa shape index (κ3) is 7.77. The zero-order chi connectivity index (χ0) is 41.8. The Hall–Kier alpha value is -7.62. The number of allylic oxidation sites excluding steroid dienone is 9. The fourth-order valence-electron chi connectivity index (χ4n) is 8.82. The van der Waals surface area contributed by atoms with E-state index in [0.29, 0.717) is 6.61 Å². The highest BCUT2D eigenvalue weighted by atomic mass is 16.5. The molecule has 3 heteroatoms. The third-order valence-corrected chi connectivity index (χ3v) is 12.0. The van der Waals surface area contributed by atoms with Crippen LogP contribution in [-0.4, -0.2) is 12.7 Å². The number of para-hydroxylation sites is 1. The molecule has 3 nitrogen and oxygen atoms in total. The van der Waals surface area contributed by atoms with E-state index in [-0.39, 0.29) is 6.10 Å². The summed E-state index contributed by atoms with van der Waals surface area (Å²) in [6.07, 6.45) is 21.0. The summed E-state index contributed by atoms with van der Waals surface area (Å²) in [7, 11) is 0. The number of hydrogen-bond acceptors (Lipinski definition) is 3. The molecule has 1 aliphatic carbocycles. The molecular formula is C59H47NO2. The number of benzene rings is 7. The number of anilines is 3. The van der Waals surface area contributed by atoms with Gasteiger partial charge in [0.1, 0.15) is 17.6 Å². The first-order chi connectivity index (χ1) is 30.6. The van der Waals surface area contributed by atoms with Crippen LogP contribution in [0.5, 0.6) is 5.75 Å². The van der Waals surface area contributed by atoms with Crippen LogP contribution in [0.2, 0.25) is 0 Å². The van der Waals surface area contributed by atoms with Crippen LogP contribution in [0.15, 0.2) is 230 Å². The van der Waals surface area contributed by atoms with E-state index in [4.69, 9.17) is 9.47 Å². The van der Waals surface area contributed by atoms with E-state index in [1.807, 2.05) is 0 Å². The van der Waals surface area contributed by atoms with Gasteiger partial charge in [0.05, 0.1) is 12.3 Å². The summed E-state index contributed by atoms with van der Waals surface area (Å²) in [6, 6.07) is 56.9. The molecule has 0 spiro atoms. The maximum Gasteiger partial charge on any atom is 0.127 e. The van der Waals surface area contributed by atoms with Gasteiger partial charge in [-0.2, -0.15) is 0 Å². The summed E-state index contributed by atoms with van der Waals surface area (Å²) in [4.78, 5) is 2.37. The SMILES string of the molecule is C=C1/C=C\CCOc2ccc3ccc(-c4cccc(-c5ccc(N(c6ccc(C7=C(/C)OC8CC=CC=C8/C=C/C=C\7)cc6)c6ccccc6-c6ccccc6)cc5)c4)cc3c21. The van der Waals surface area contributed by atoms with Gasteiger partial charge in [-0.05, 0) is 117 Å². The molecule has 0 amide bonds. The molecule has 1 atom stereocenters. The lowest BCUT2D eigenvalue weighted by Gasteiger charge is -2.28. The van der Waals surface area contributed by atoms with Gasteiger partial charge in [-0.25, -0.2) is 0 Å². The van der Waals surface area contributed by atoms with Crippen LogP contribution in [0, 0.1) is 0 Å². The van der Waals surface area contributed by atoms with E-state index in [0.717, 1.165) is 96.9 Å². The lowest BCUT2D eigenvalue weighted by atomic mass is 9.93. The van der Waals surface area contributed by atoms with Crippen molar-refractivity contribution in [1.29, 1.82) is 0 Å². The molecule has 0 saturated heterocycles. The molecule has 3 aliphatic rings. The van der Waals surface area contributed by atoms with Gasteiger partial charge in [-0.1, -0.05) is 170 Å². The van der Waals surface area contributed by atoms with Crippen LogP contribution in [0.25, 0.3) is 55.3 Å². The second-order valence-electron chi connectivity index (χ2n) is 16.0. The van der Waals surface area contributed by atoms with Gasteiger partial charge in [0.25, 0.3) is 0 Å². The summed E-state index contributed by atoms with van der Waals surface area (Å²) in [5, 5.41) is 2.32. The molecule has 0 N–H and O–H groups in total. The predicted molar refractivity (Wildman–Crippen MR) is 261 cm³/mol. The molecule has 0 saturated carbocycles. The Kier molecular flexibility index (Phi) is 10.7. The first-order valence-electron chi connectivity index (χ1n) is 21.5. The van der Waals surface area contributed by atoms with Gasteiger partial charge in [-0.15, -0.1) is 0 Å². The van der Waals surface area contributed by atoms with Gasteiger partial charge in [0, 0.05) is 34.5 Å². The first kappa shape index (κ1) is 38.6. The summed E-state index contributed by atoms with van der Waals surface area (Å²) in [5.74, 6) is 1.81. The maximum absolute atomic E-state index is 6.59. The molecule has 10 rings (SSSR count). The highest BCUT2D eigenvalue weighted by Crippen LogP contribution is 2.43. The summed E-state index contributed by atoms with van der Waals surface area (Å²) >= 11 is 0. The van der Waals surface area contributed by atoms with Crippen molar-refractivity contribution in [2.24, 2.45) is 0 Å². The van der Waals surface area contributed by atoms with E-state index >= 15 is 0 Å². The highest BCUT2D eigenvalue weighted by molar-refractivity contribution is 6.00. The Labute approximate surface area is 364 Å². The second kappa shape index (κ2) is 17.2. The largest absolute Gasteiger partial charge is 0.493 e. The van der Waals surface area contributed by atoms with Gasteiger partial charge in [0.2, 0.25) is 0 Å². The number of ether oxygens (including phenoxy) is 2. The Morgan fingerprint density at radius 2 is 1.26 bits per heavy atom. The van der Waals surface area contributed by atoms with Crippen LogP contribution < -0.4 is 9.64 Å². The average molecular weight is 802 g/mol. The van der Waals surface area contributed by atoms with E-state index in [1.165, 1.54) is 16.5 Å². The molecule has 2 aliphatic heterocycles. The molecule has 7 aromatic carbocycles. The van der Waals surface area contributed by atoms with Crippen molar-refractivity contribution in [1.82, 2.24) is 0 Å². The highest BCUT2D eigenvalue weighted by Gasteiger charge is 2.21. The van der Waals surface area contributed by atoms with Crippen LogP contribution in [0.4, 0.5) is 17.1 Å². The van der Waals surface area contributed by atoms with Gasteiger partial charge in [-0.3, -0.25) is 0 Å². The minimum atomic E-state index is 0.00776. The molecular weight excluding hydrogens is 755 g/mol. The second-order valence-corrected chi connectivity index (χ2v) is 16.0. The Balaban J connectivity index is 1.01. The lowest BCUT2D eigenvalue weighted by molar-refractivity contribution is 0.152. The number of rotatable bonds is 7. The summed E-state index contributed by atoms with van der Waals surface area (Å²) in [5.41, 5.74) is 15.6. The minimum Gasteiger partial charge on any atom is -0.493 e. The van der Waals surface area contributed by atoms with Crippen molar-refractivity contribution in [3.63, 3.8) is 0 Å². The van der Waals surface area contributed by atoms with Crippen molar-refractivity contribution < 1.29 is 9.47 Å². The van der Waals surface area contributed by atoms with Crippen molar-refractivity contribution in [3.05, 3.63) is 241 Å². The van der Waals surface area contributed by atoms with Crippen molar-refractivity contribution in [2.75, 3.05) is 11.5 Å². The molecule has 7 aromatic rings. The molecule has 2 heterocycles. The molecule has 0 bridgehead atoms. The van der Waals surface area contributed by atoms with Crippen LogP contribution >= 0.6 is 0 Å². The lowest BCUT2D eigenvalue weighted by Crippen LogP contribution is -2.15. The molecule has 0 fully saturated rings. The maximum atomic E-state index is 6.59. The molecule has 62 heavy (non-hydrogen) atoms. The summed E-state index contributed by atoms with van der Waals surface area (Å²) < 4.78 is 12.8. The third-order valence-electron chi connectivity index (χ3n) is 12.0. The van der Waals surface area contributed by atoms with E-state index in [2.05, 4.69) is 231 Å². The fraction of sp³-hybridized carbons (Fsp3) is 0.0847. The number of nitrogens with zero attached hydrogens (tertiary/aromatic N) is 1. The minimum absolute atomic E-state index is 0.00776. The first-order valence-corrected chi connectivity index (χ1v) is 21.5. The van der Waals surface area contributed by atoms with Gasteiger partial charge < -0.3 is 14.4 Å². The van der Waals surface area contributed by atoms with E-state index in [9.17, 15) is 0 Å². The molecule has 0 aromatic heterocycles. The van der Waals surface area contributed by atoms with Crippen molar-refractivity contribution in [2.45, 2.75) is 25.9 Å². The number of fused-ring (bicyclic) bond motifs is 4. The van der Waals surface area contributed by atoms with E-state index < -0.39 is 0 Å². The van der Waals surface area contributed by atoms with Crippen LogP contribution in [-0.2, 0) is 4.74 Å². The normalized spacial score (nSPS) is 18.6. The summed E-state index contributed by atoms with van der Waals surface area (Å²) in [6.45, 7) is 7.14. The molecule has 300 valence electrons. The van der Waals surface area contributed by atoms with Gasteiger partial charge in [0.15, 0.2) is 0 Å². The predicted octanol–water partition coefficient (Wildman–Crippen LogP) is 15.8. The fourth-order valence-corrected chi connectivity index (χ4v) is 8.82. The zero-order valence-electron chi connectivity index (χ0n) is 34.9. The topological polar surface area (TPSA) is 21.7 Å². The monoisotopic (exact) mass is 801 g/mol. The smallest absolute Gasteiger partial charge is 0.127 e. The average Bonchev–Trinajstić information content (AvgIpc) is 3.40. The van der Waals surface area contributed by atoms with Gasteiger partial charge >= 0.3 is 0 Å². The Morgan fingerprint density at radius 1 is 0.581 bits per heavy atom. The Bertz CT molecular complexity index is 3000. The quantitative estimate of drug-likeness (QED) is 0.160. The standard InChI is InChI=1S/C59H47NO2/c1-41-15-12-13-38-61-58-37-32-46-26-27-50(40-55(46)59(41)58)49-21-14-20-48(39-49)43-28-33-51(34-29-43)60(56-24-10-9-23-54(56)44-16-4-3-5-17-44)52-35-30-45(31-36-52)53-22-8-6-18-47-19-7-11-25-57(47)62-42(53)2/h3-12,14-24,26-37,39-40,57H,1,13,25,38H2,2H3/b15-12-,18-6+,22-8-,53-42-. The molecule has 1 unspecified atom stereocenters. The molecule has 0 radical (unpaired) electrons. The van der Waals surface area contributed by atoms with Crippen molar-refractivity contribution in [3.8, 4) is 39.1 Å². The zero-order valence-corrected chi connectivity index (χ0v) is 34.9. The Morgan fingerprint density at radius 3 is 2.08 bits per heavy atom. The van der Waals surface area contributed by atoms with Crippen molar-refractivity contribution >= 4 is 39.0 Å².